The standard InChI is InChI=1S/C15H19N5O2/c1-2-20-15(16-10-17-20)14(11-6-7-11)18-12(21)9-19-8-4-3-5-13(19)22/h3-5,8,10-11,14H,2,6-7,9H2,1H3,(H,18,21)/t14-/m0/s1. The van der Waals surface area contributed by atoms with E-state index in [9.17, 15) is 9.59 Å². The Morgan fingerprint density at radius 1 is 1.45 bits per heavy atom. The van der Waals surface area contributed by atoms with Crippen LogP contribution in [0.25, 0.3) is 0 Å². The van der Waals surface area contributed by atoms with Gasteiger partial charge in [-0.15, -0.1) is 0 Å². The molecule has 0 unspecified atom stereocenters. The van der Waals surface area contributed by atoms with Crippen molar-refractivity contribution in [2.45, 2.75) is 38.9 Å². The molecule has 0 saturated heterocycles. The lowest BCUT2D eigenvalue weighted by Crippen LogP contribution is -2.36. The number of aromatic nitrogens is 4. The Kier molecular flexibility index (Phi) is 4.04. The van der Waals surface area contributed by atoms with Crippen LogP contribution >= 0.6 is 0 Å². The van der Waals surface area contributed by atoms with Gasteiger partial charge in [0.2, 0.25) is 5.91 Å². The van der Waals surface area contributed by atoms with Crippen LogP contribution in [0, 0.1) is 5.92 Å². The van der Waals surface area contributed by atoms with Gasteiger partial charge >= 0.3 is 0 Å². The maximum Gasteiger partial charge on any atom is 0.250 e. The van der Waals surface area contributed by atoms with E-state index in [1.807, 2.05) is 6.92 Å². The molecule has 22 heavy (non-hydrogen) atoms. The highest BCUT2D eigenvalue weighted by molar-refractivity contribution is 5.76. The molecule has 116 valence electrons. The van der Waals surface area contributed by atoms with Crippen molar-refractivity contribution in [2.75, 3.05) is 0 Å². The number of carbonyl (C=O) groups excluding carboxylic acids is 1. The average molecular weight is 301 g/mol. The lowest BCUT2D eigenvalue weighted by atomic mass is 10.1. The second-order valence-corrected chi connectivity index (χ2v) is 5.48. The Morgan fingerprint density at radius 3 is 2.95 bits per heavy atom. The number of carbonyl (C=O) groups is 1. The maximum atomic E-state index is 12.3. The van der Waals surface area contributed by atoms with Crippen LogP contribution in [0.3, 0.4) is 0 Å². The smallest absolute Gasteiger partial charge is 0.250 e. The molecule has 1 N–H and O–H groups in total. The summed E-state index contributed by atoms with van der Waals surface area (Å²) in [6.07, 6.45) is 5.28. The molecule has 0 radical (unpaired) electrons. The molecule has 2 aromatic rings. The molecule has 0 bridgehead atoms. The molecule has 1 saturated carbocycles. The lowest BCUT2D eigenvalue weighted by Gasteiger charge is -2.18. The fraction of sp³-hybridized carbons (Fsp3) is 0.467. The SMILES string of the molecule is CCn1ncnc1[C@@H](NC(=O)Cn1ccccc1=O)C1CC1. The molecule has 0 spiro atoms. The minimum atomic E-state index is -0.184. The van der Waals surface area contributed by atoms with Crippen molar-refractivity contribution >= 4 is 5.91 Å². The first-order valence-electron chi connectivity index (χ1n) is 7.51. The van der Waals surface area contributed by atoms with E-state index in [0.717, 1.165) is 18.7 Å². The van der Waals surface area contributed by atoms with Gasteiger partial charge in [0, 0.05) is 18.8 Å². The summed E-state index contributed by atoms with van der Waals surface area (Å²) in [5, 5.41) is 7.18. The minimum Gasteiger partial charge on any atom is -0.344 e. The fourth-order valence-corrected chi connectivity index (χ4v) is 2.55. The summed E-state index contributed by atoms with van der Waals surface area (Å²) in [6, 6.07) is 4.71. The third-order valence-electron chi connectivity index (χ3n) is 3.85. The summed E-state index contributed by atoms with van der Waals surface area (Å²) in [5.41, 5.74) is -0.183. The van der Waals surface area contributed by atoms with Crippen molar-refractivity contribution in [3.05, 3.63) is 46.9 Å². The molecule has 7 heteroatoms. The third-order valence-corrected chi connectivity index (χ3v) is 3.85. The third kappa shape index (κ3) is 3.08. The van der Waals surface area contributed by atoms with Gasteiger partial charge in [-0.3, -0.25) is 9.59 Å². The van der Waals surface area contributed by atoms with E-state index in [1.54, 1.807) is 23.0 Å². The van der Waals surface area contributed by atoms with E-state index in [0.29, 0.717) is 12.5 Å². The summed E-state index contributed by atoms with van der Waals surface area (Å²) < 4.78 is 3.20. The first-order chi connectivity index (χ1) is 10.7. The van der Waals surface area contributed by atoms with Crippen molar-refractivity contribution in [2.24, 2.45) is 5.92 Å². The minimum absolute atomic E-state index is 0.0170. The van der Waals surface area contributed by atoms with Crippen LogP contribution in [0.4, 0.5) is 0 Å². The number of hydrogen-bond donors (Lipinski definition) is 1. The highest BCUT2D eigenvalue weighted by Gasteiger charge is 2.36. The largest absolute Gasteiger partial charge is 0.344 e. The highest BCUT2D eigenvalue weighted by atomic mass is 16.2. The van der Waals surface area contributed by atoms with Crippen LogP contribution in [0.1, 0.15) is 31.6 Å². The Balaban J connectivity index is 1.73. The van der Waals surface area contributed by atoms with Gasteiger partial charge in [0.05, 0.1) is 6.04 Å². The average Bonchev–Trinajstić information content (AvgIpc) is 3.24. The van der Waals surface area contributed by atoms with Gasteiger partial charge in [0.15, 0.2) is 0 Å². The molecule has 3 rings (SSSR count). The number of rotatable bonds is 6. The summed E-state index contributed by atoms with van der Waals surface area (Å²) >= 11 is 0. The predicted octanol–water partition coefficient (Wildman–Crippen LogP) is 0.727. The van der Waals surface area contributed by atoms with Crippen molar-refractivity contribution in [3.63, 3.8) is 0 Å². The van der Waals surface area contributed by atoms with Gasteiger partial charge < -0.3 is 9.88 Å². The second-order valence-electron chi connectivity index (χ2n) is 5.48. The van der Waals surface area contributed by atoms with Gasteiger partial charge in [-0.1, -0.05) is 6.07 Å². The molecule has 1 fully saturated rings. The summed E-state index contributed by atoms with van der Waals surface area (Å²) in [7, 11) is 0. The second kappa shape index (κ2) is 6.13. The Hall–Kier alpha value is -2.44. The first-order valence-corrected chi connectivity index (χ1v) is 7.51. The predicted molar refractivity (Wildman–Crippen MR) is 80.0 cm³/mol. The molecule has 1 amide bonds. The molecule has 0 aromatic carbocycles. The van der Waals surface area contributed by atoms with Gasteiger partial charge in [0.25, 0.3) is 5.56 Å². The van der Waals surface area contributed by atoms with Gasteiger partial charge in [0.1, 0.15) is 18.7 Å². The zero-order valence-corrected chi connectivity index (χ0v) is 12.5. The van der Waals surface area contributed by atoms with Crippen molar-refractivity contribution in [1.82, 2.24) is 24.6 Å². The van der Waals surface area contributed by atoms with E-state index in [-0.39, 0.29) is 24.1 Å². The maximum absolute atomic E-state index is 12.3. The number of pyridine rings is 1. The first kappa shape index (κ1) is 14.5. The quantitative estimate of drug-likeness (QED) is 0.852. The summed E-state index contributed by atoms with van der Waals surface area (Å²) in [5.74, 6) is 1.01. The molecule has 1 aliphatic carbocycles. The Morgan fingerprint density at radius 2 is 2.27 bits per heavy atom. The van der Waals surface area contributed by atoms with E-state index in [1.165, 1.54) is 17.0 Å². The zero-order chi connectivity index (χ0) is 15.5. The van der Waals surface area contributed by atoms with E-state index < -0.39 is 0 Å². The van der Waals surface area contributed by atoms with Crippen LogP contribution in [0.5, 0.6) is 0 Å². The van der Waals surface area contributed by atoms with Crippen molar-refractivity contribution in [1.29, 1.82) is 0 Å². The number of nitrogens with one attached hydrogen (secondary N) is 1. The molecule has 2 aromatic heterocycles. The van der Waals surface area contributed by atoms with E-state index >= 15 is 0 Å². The molecular formula is C15H19N5O2. The number of nitrogens with zero attached hydrogens (tertiary/aromatic N) is 4. The molecule has 2 heterocycles. The van der Waals surface area contributed by atoms with Gasteiger partial charge in [-0.2, -0.15) is 5.10 Å². The number of amides is 1. The number of aryl methyl sites for hydroxylation is 1. The van der Waals surface area contributed by atoms with Gasteiger partial charge in [-0.05, 0) is 31.7 Å². The number of hydrogen-bond acceptors (Lipinski definition) is 4. The summed E-state index contributed by atoms with van der Waals surface area (Å²) in [4.78, 5) is 28.2. The van der Waals surface area contributed by atoms with Gasteiger partial charge in [-0.25, -0.2) is 9.67 Å². The van der Waals surface area contributed by atoms with Crippen LogP contribution in [0.15, 0.2) is 35.5 Å². The zero-order valence-electron chi connectivity index (χ0n) is 12.5. The Bertz CT molecular complexity index is 716. The molecule has 7 nitrogen and oxygen atoms in total. The topological polar surface area (TPSA) is 81.8 Å². The van der Waals surface area contributed by atoms with Crippen LogP contribution in [0.2, 0.25) is 0 Å². The fourth-order valence-electron chi connectivity index (χ4n) is 2.55. The van der Waals surface area contributed by atoms with E-state index in [2.05, 4.69) is 15.4 Å². The van der Waals surface area contributed by atoms with Crippen LogP contribution in [-0.2, 0) is 17.9 Å². The van der Waals surface area contributed by atoms with Crippen LogP contribution in [-0.4, -0.2) is 25.2 Å². The van der Waals surface area contributed by atoms with Crippen molar-refractivity contribution in [3.8, 4) is 0 Å². The normalized spacial score (nSPS) is 15.5. The van der Waals surface area contributed by atoms with E-state index in [4.69, 9.17) is 0 Å². The molecule has 0 aliphatic heterocycles. The van der Waals surface area contributed by atoms with Crippen molar-refractivity contribution < 1.29 is 4.79 Å². The van der Waals surface area contributed by atoms with Crippen LogP contribution < -0.4 is 10.9 Å². The molecule has 1 atom stereocenters. The lowest BCUT2D eigenvalue weighted by molar-refractivity contribution is -0.122. The molecule has 1 aliphatic rings. The highest BCUT2D eigenvalue weighted by Crippen LogP contribution is 2.40. The molecular weight excluding hydrogens is 282 g/mol. The Labute approximate surface area is 128 Å². The summed E-state index contributed by atoms with van der Waals surface area (Å²) in [6.45, 7) is 2.73. The monoisotopic (exact) mass is 301 g/mol.